The average Bonchev–Trinajstić information content (AvgIpc) is 2.36. The summed E-state index contributed by atoms with van der Waals surface area (Å²) in [6.45, 7) is 3.08. The number of hydrogen-bond acceptors (Lipinski definition) is 4. The molecule has 0 aliphatic rings. The van der Waals surface area contributed by atoms with E-state index in [0.29, 0.717) is 5.69 Å². The van der Waals surface area contributed by atoms with Crippen molar-refractivity contribution in [3.8, 4) is 0 Å². The molecular weight excluding hydrogens is 216 g/mol. The first-order valence-corrected chi connectivity index (χ1v) is 5.96. The van der Waals surface area contributed by atoms with E-state index in [0.717, 1.165) is 18.8 Å². The fourth-order valence-corrected chi connectivity index (χ4v) is 1.38. The molecule has 17 heavy (non-hydrogen) atoms. The lowest BCUT2D eigenvalue weighted by molar-refractivity contribution is -0.114. The van der Waals surface area contributed by atoms with Gasteiger partial charge < -0.3 is 16.4 Å². The molecule has 0 fully saturated rings. The minimum atomic E-state index is -0.213. The Labute approximate surface area is 102 Å². The summed E-state index contributed by atoms with van der Waals surface area (Å²) >= 11 is 0. The first-order valence-electron chi connectivity index (χ1n) is 5.96. The highest BCUT2D eigenvalue weighted by molar-refractivity contribution is 5.91. The van der Waals surface area contributed by atoms with Crippen LogP contribution in [0.4, 0.5) is 11.5 Å². The number of nitrogens with one attached hydrogen (secondary N) is 2. The first-order chi connectivity index (χ1) is 8.26. The van der Waals surface area contributed by atoms with Gasteiger partial charge in [0.25, 0.3) is 0 Å². The third-order valence-electron chi connectivity index (χ3n) is 2.32. The zero-order valence-corrected chi connectivity index (χ0v) is 10.2. The number of nitrogens with zero attached hydrogens (tertiary/aromatic N) is 1. The summed E-state index contributed by atoms with van der Waals surface area (Å²) in [5.41, 5.74) is 5.87. The summed E-state index contributed by atoms with van der Waals surface area (Å²) in [6, 6.07) is 3.65. The molecule has 1 heterocycles. The Morgan fingerprint density at radius 3 is 2.82 bits per heavy atom. The van der Waals surface area contributed by atoms with Crippen molar-refractivity contribution >= 4 is 17.4 Å². The zero-order chi connectivity index (χ0) is 12.5. The lowest BCUT2D eigenvalue weighted by atomic mass is 10.2. The highest BCUT2D eigenvalue weighted by Gasteiger charge is 1.99. The Morgan fingerprint density at radius 1 is 1.41 bits per heavy atom. The van der Waals surface area contributed by atoms with Gasteiger partial charge >= 0.3 is 0 Å². The van der Waals surface area contributed by atoms with Gasteiger partial charge in [-0.25, -0.2) is 4.98 Å². The molecule has 94 valence electrons. The quantitative estimate of drug-likeness (QED) is 0.628. The molecule has 1 rings (SSSR count). The van der Waals surface area contributed by atoms with E-state index >= 15 is 0 Å². The van der Waals surface area contributed by atoms with E-state index in [1.54, 1.807) is 6.20 Å². The second-order valence-electron chi connectivity index (χ2n) is 3.82. The number of unbranched alkanes of at least 4 members (excludes halogenated alkanes) is 2. The minimum absolute atomic E-state index is 0.0168. The summed E-state index contributed by atoms with van der Waals surface area (Å²) in [5.74, 6) is 0.613. The van der Waals surface area contributed by atoms with E-state index in [9.17, 15) is 4.79 Å². The number of anilines is 2. The lowest BCUT2D eigenvalue weighted by Crippen LogP contribution is -2.21. The molecule has 0 saturated carbocycles. The average molecular weight is 236 g/mol. The van der Waals surface area contributed by atoms with Crippen molar-refractivity contribution in [2.45, 2.75) is 26.2 Å². The molecule has 5 heteroatoms. The number of nitrogens with two attached hydrogens (primary N) is 1. The van der Waals surface area contributed by atoms with E-state index in [2.05, 4.69) is 22.5 Å². The molecule has 4 N–H and O–H groups in total. The number of rotatable bonds is 7. The van der Waals surface area contributed by atoms with Crippen molar-refractivity contribution < 1.29 is 4.79 Å². The first kappa shape index (κ1) is 13.4. The fraction of sp³-hybridized carbons (Fsp3) is 0.500. The van der Waals surface area contributed by atoms with Crippen LogP contribution in [-0.4, -0.2) is 24.0 Å². The van der Waals surface area contributed by atoms with Crippen LogP contribution < -0.4 is 16.4 Å². The van der Waals surface area contributed by atoms with Crippen molar-refractivity contribution in [3.05, 3.63) is 18.3 Å². The van der Waals surface area contributed by atoms with Crippen LogP contribution in [0.25, 0.3) is 0 Å². The molecule has 0 aliphatic heterocycles. The molecule has 0 atom stereocenters. The summed E-state index contributed by atoms with van der Waals surface area (Å²) < 4.78 is 0. The smallest absolute Gasteiger partial charge is 0.238 e. The van der Waals surface area contributed by atoms with Crippen molar-refractivity contribution in [2.75, 3.05) is 23.7 Å². The molecule has 1 aromatic rings. The molecule has 0 spiro atoms. The number of hydrogen-bond donors (Lipinski definition) is 3. The summed E-state index contributed by atoms with van der Waals surface area (Å²) in [7, 11) is 0. The van der Waals surface area contributed by atoms with Gasteiger partial charge in [0.2, 0.25) is 5.91 Å². The molecule has 0 aliphatic carbocycles. The van der Waals surface area contributed by atoms with E-state index in [-0.39, 0.29) is 12.5 Å². The van der Waals surface area contributed by atoms with Gasteiger partial charge in [-0.2, -0.15) is 0 Å². The van der Waals surface area contributed by atoms with Crippen molar-refractivity contribution in [3.63, 3.8) is 0 Å². The number of carbonyl (C=O) groups is 1. The van der Waals surface area contributed by atoms with Crippen LogP contribution in [0.5, 0.6) is 0 Å². The van der Waals surface area contributed by atoms with E-state index in [1.165, 1.54) is 12.8 Å². The number of carbonyl (C=O) groups excluding carboxylic acids is 1. The topological polar surface area (TPSA) is 80.0 Å². The van der Waals surface area contributed by atoms with Gasteiger partial charge in [-0.15, -0.1) is 0 Å². The van der Waals surface area contributed by atoms with Crippen LogP contribution in [0.15, 0.2) is 18.3 Å². The molecule has 0 bridgehead atoms. The van der Waals surface area contributed by atoms with Gasteiger partial charge in [0.15, 0.2) is 0 Å². The third kappa shape index (κ3) is 5.31. The molecule has 0 saturated heterocycles. The van der Waals surface area contributed by atoms with Crippen molar-refractivity contribution in [2.24, 2.45) is 5.73 Å². The Balaban J connectivity index is 2.36. The van der Waals surface area contributed by atoms with Crippen molar-refractivity contribution in [1.29, 1.82) is 0 Å². The Kier molecular flexibility index (Phi) is 6.03. The Morgan fingerprint density at radius 2 is 2.24 bits per heavy atom. The van der Waals surface area contributed by atoms with E-state index < -0.39 is 0 Å². The van der Waals surface area contributed by atoms with E-state index in [4.69, 9.17) is 5.73 Å². The molecule has 1 aromatic heterocycles. The second-order valence-corrected chi connectivity index (χ2v) is 3.82. The molecular formula is C12H20N4O. The maximum Gasteiger partial charge on any atom is 0.238 e. The minimum Gasteiger partial charge on any atom is -0.370 e. The van der Waals surface area contributed by atoms with Gasteiger partial charge in [0.1, 0.15) is 5.82 Å². The number of amides is 1. The van der Waals surface area contributed by atoms with Gasteiger partial charge in [0.05, 0.1) is 18.4 Å². The van der Waals surface area contributed by atoms with Crippen LogP contribution in [0.1, 0.15) is 26.2 Å². The summed E-state index contributed by atoms with van der Waals surface area (Å²) in [4.78, 5) is 15.2. The molecule has 0 unspecified atom stereocenters. The predicted molar refractivity (Wildman–Crippen MR) is 69.9 cm³/mol. The van der Waals surface area contributed by atoms with Crippen molar-refractivity contribution in [1.82, 2.24) is 4.98 Å². The van der Waals surface area contributed by atoms with Gasteiger partial charge in [-0.3, -0.25) is 4.79 Å². The predicted octanol–water partition coefficient (Wildman–Crippen LogP) is 1.58. The fourth-order valence-electron chi connectivity index (χ4n) is 1.38. The van der Waals surface area contributed by atoms with Gasteiger partial charge in [-0.1, -0.05) is 19.8 Å². The summed E-state index contributed by atoms with van der Waals surface area (Å²) in [6.07, 6.45) is 5.19. The Hall–Kier alpha value is -1.62. The normalized spacial score (nSPS) is 10.0. The highest BCUT2D eigenvalue weighted by atomic mass is 16.1. The second kappa shape index (κ2) is 7.62. The molecule has 0 aromatic carbocycles. The van der Waals surface area contributed by atoms with Crippen LogP contribution in [0.2, 0.25) is 0 Å². The van der Waals surface area contributed by atoms with Gasteiger partial charge in [0, 0.05) is 6.54 Å². The highest BCUT2D eigenvalue weighted by Crippen LogP contribution is 2.09. The number of aromatic nitrogens is 1. The molecule has 0 radical (unpaired) electrons. The monoisotopic (exact) mass is 236 g/mol. The third-order valence-corrected chi connectivity index (χ3v) is 2.32. The Bertz CT molecular complexity index is 337. The maximum atomic E-state index is 11.0. The SMILES string of the molecule is CCCCCNc1ccc(NC(=O)CN)cn1. The van der Waals surface area contributed by atoms with E-state index in [1.807, 2.05) is 12.1 Å². The van der Waals surface area contributed by atoms with Crippen LogP contribution >= 0.6 is 0 Å². The zero-order valence-electron chi connectivity index (χ0n) is 10.2. The maximum absolute atomic E-state index is 11.0. The standard InChI is InChI=1S/C12H20N4O/c1-2-3-4-7-14-11-6-5-10(9-15-11)16-12(17)8-13/h5-6,9H,2-4,7-8,13H2,1H3,(H,14,15)(H,16,17). The molecule has 5 nitrogen and oxygen atoms in total. The lowest BCUT2D eigenvalue weighted by Gasteiger charge is -2.06. The largest absolute Gasteiger partial charge is 0.370 e. The van der Waals surface area contributed by atoms with Crippen LogP contribution in [0, 0.1) is 0 Å². The van der Waals surface area contributed by atoms with Crippen LogP contribution in [-0.2, 0) is 4.79 Å². The van der Waals surface area contributed by atoms with Crippen LogP contribution in [0.3, 0.4) is 0 Å². The molecule has 1 amide bonds. The summed E-state index contributed by atoms with van der Waals surface area (Å²) in [5, 5.41) is 5.87. The van der Waals surface area contributed by atoms with Gasteiger partial charge in [-0.05, 0) is 18.6 Å². The number of pyridine rings is 1.